The molecule has 2 rings (SSSR count). The highest BCUT2D eigenvalue weighted by Crippen LogP contribution is 2.28. The van der Waals surface area contributed by atoms with Crippen molar-refractivity contribution in [3.63, 3.8) is 0 Å². The zero-order valence-corrected chi connectivity index (χ0v) is 9.38. The first-order valence-electron chi connectivity index (χ1n) is 5.03. The summed E-state index contributed by atoms with van der Waals surface area (Å²) < 4.78 is 39.7. The summed E-state index contributed by atoms with van der Waals surface area (Å²) in [7, 11) is 0. The Bertz CT molecular complexity index is 546. The fourth-order valence-corrected chi connectivity index (χ4v) is 1.52. The number of nitrogens with two attached hydrogens (primary N) is 1. The van der Waals surface area contributed by atoms with E-state index in [0.29, 0.717) is 17.1 Å². The van der Waals surface area contributed by atoms with Crippen LogP contribution >= 0.6 is 0 Å². The summed E-state index contributed by atoms with van der Waals surface area (Å²) in [6.07, 6.45) is -4.68. The smallest absolute Gasteiger partial charge is 0.406 e. The molecular weight excluding hydrogens is 247 g/mol. The maximum Gasteiger partial charge on any atom is 0.573 e. The van der Waals surface area contributed by atoms with E-state index in [4.69, 9.17) is 5.73 Å². The van der Waals surface area contributed by atoms with E-state index < -0.39 is 6.36 Å². The predicted molar refractivity (Wildman–Crippen MR) is 59.9 cm³/mol. The van der Waals surface area contributed by atoms with Crippen LogP contribution in [0, 0.1) is 6.92 Å². The molecule has 3 N–H and O–H groups in total. The van der Waals surface area contributed by atoms with E-state index in [2.05, 4.69) is 14.9 Å². The van der Waals surface area contributed by atoms with Crippen molar-refractivity contribution >= 4 is 5.82 Å². The number of aromatic nitrogens is 2. The molecule has 7 heteroatoms. The molecule has 0 saturated carbocycles. The van der Waals surface area contributed by atoms with Crippen LogP contribution in [0.15, 0.2) is 24.3 Å². The molecule has 18 heavy (non-hydrogen) atoms. The molecule has 0 radical (unpaired) electrons. The van der Waals surface area contributed by atoms with Crippen LogP contribution in [-0.4, -0.2) is 16.6 Å². The summed E-state index contributed by atoms with van der Waals surface area (Å²) in [6, 6.07) is 5.47. The molecule has 0 aliphatic carbocycles. The third kappa shape index (κ3) is 2.55. The average molecular weight is 257 g/mol. The number of nitrogens with one attached hydrogen (secondary N) is 1. The number of H-pyrrole nitrogens is 1. The van der Waals surface area contributed by atoms with Crippen LogP contribution in [0.5, 0.6) is 5.75 Å². The van der Waals surface area contributed by atoms with E-state index in [1.807, 2.05) is 0 Å². The number of nitrogen functional groups attached to an aromatic ring is 1. The summed E-state index contributed by atoms with van der Waals surface area (Å²) in [5.41, 5.74) is 7.68. The quantitative estimate of drug-likeness (QED) is 0.869. The lowest BCUT2D eigenvalue weighted by molar-refractivity contribution is -0.274. The number of rotatable bonds is 2. The van der Waals surface area contributed by atoms with Gasteiger partial charge in [0.25, 0.3) is 0 Å². The Hall–Kier alpha value is -2.18. The number of anilines is 1. The van der Waals surface area contributed by atoms with Crippen molar-refractivity contribution in [2.75, 3.05) is 5.73 Å². The van der Waals surface area contributed by atoms with Gasteiger partial charge in [-0.15, -0.1) is 13.2 Å². The van der Waals surface area contributed by atoms with Crippen LogP contribution in [0.1, 0.15) is 5.56 Å². The van der Waals surface area contributed by atoms with E-state index in [1.165, 1.54) is 24.3 Å². The Balaban J connectivity index is 2.25. The fourth-order valence-electron chi connectivity index (χ4n) is 1.52. The molecule has 96 valence electrons. The van der Waals surface area contributed by atoms with Gasteiger partial charge in [0.2, 0.25) is 0 Å². The van der Waals surface area contributed by atoms with Gasteiger partial charge in [-0.3, -0.25) is 5.10 Å². The predicted octanol–water partition coefficient (Wildman–Crippen LogP) is 2.87. The number of benzene rings is 1. The lowest BCUT2D eigenvalue weighted by atomic mass is 10.1. The van der Waals surface area contributed by atoms with Crippen molar-refractivity contribution in [3.05, 3.63) is 29.8 Å². The molecule has 4 nitrogen and oxygen atoms in total. The van der Waals surface area contributed by atoms with Crippen molar-refractivity contribution in [2.24, 2.45) is 0 Å². The number of hydrogen-bond acceptors (Lipinski definition) is 3. The molecular formula is C11H10F3N3O. The van der Waals surface area contributed by atoms with Crippen molar-refractivity contribution in [2.45, 2.75) is 13.3 Å². The minimum atomic E-state index is -4.68. The molecule has 1 aromatic carbocycles. The van der Waals surface area contributed by atoms with E-state index >= 15 is 0 Å². The summed E-state index contributed by atoms with van der Waals surface area (Å²) in [5, 5.41) is 6.54. The molecule has 0 spiro atoms. The summed E-state index contributed by atoms with van der Waals surface area (Å²) in [5.74, 6) is 0.0945. The normalized spacial score (nSPS) is 11.6. The molecule has 0 aliphatic heterocycles. The van der Waals surface area contributed by atoms with Crippen molar-refractivity contribution in [3.8, 4) is 17.0 Å². The highest BCUT2D eigenvalue weighted by molar-refractivity contribution is 5.67. The van der Waals surface area contributed by atoms with Gasteiger partial charge in [0.05, 0.1) is 5.69 Å². The first kappa shape index (κ1) is 12.3. The van der Waals surface area contributed by atoms with Gasteiger partial charge in [-0.2, -0.15) is 5.10 Å². The molecule has 2 aromatic rings. The molecule has 0 aliphatic rings. The molecule has 0 amide bonds. The largest absolute Gasteiger partial charge is 0.573 e. The van der Waals surface area contributed by atoms with E-state index in [1.54, 1.807) is 6.92 Å². The highest BCUT2D eigenvalue weighted by atomic mass is 19.4. The van der Waals surface area contributed by atoms with E-state index in [0.717, 1.165) is 5.56 Å². The lowest BCUT2D eigenvalue weighted by Gasteiger charge is -2.09. The summed E-state index contributed by atoms with van der Waals surface area (Å²) in [6.45, 7) is 1.77. The van der Waals surface area contributed by atoms with Crippen LogP contribution in [0.2, 0.25) is 0 Å². The Morgan fingerprint density at radius 1 is 1.22 bits per heavy atom. The van der Waals surface area contributed by atoms with Crippen LogP contribution < -0.4 is 10.5 Å². The first-order valence-corrected chi connectivity index (χ1v) is 5.03. The lowest BCUT2D eigenvalue weighted by Crippen LogP contribution is -2.16. The Kier molecular flexibility index (Phi) is 2.90. The topological polar surface area (TPSA) is 63.9 Å². The minimum absolute atomic E-state index is 0.267. The molecule has 0 saturated heterocycles. The van der Waals surface area contributed by atoms with E-state index in [9.17, 15) is 13.2 Å². The van der Waals surface area contributed by atoms with Gasteiger partial charge in [-0.05, 0) is 31.2 Å². The minimum Gasteiger partial charge on any atom is -0.406 e. The molecule has 1 aromatic heterocycles. The van der Waals surface area contributed by atoms with Gasteiger partial charge in [-0.25, -0.2) is 0 Å². The van der Waals surface area contributed by atoms with Crippen LogP contribution in [0.4, 0.5) is 19.0 Å². The number of nitrogens with zero attached hydrogens (tertiary/aromatic N) is 1. The standard InChI is InChI=1S/C11H10F3N3O/c1-6-9(16-17-10(6)15)7-2-4-8(5-3-7)18-11(12,13)14/h2-5H,1H3,(H3,15,16,17). The van der Waals surface area contributed by atoms with Gasteiger partial charge in [0.1, 0.15) is 11.6 Å². The second-order valence-electron chi connectivity index (χ2n) is 3.68. The Morgan fingerprint density at radius 2 is 1.83 bits per heavy atom. The van der Waals surface area contributed by atoms with Crippen LogP contribution in [0.3, 0.4) is 0 Å². The SMILES string of the molecule is Cc1c(N)n[nH]c1-c1ccc(OC(F)(F)F)cc1. The first-order chi connectivity index (χ1) is 8.37. The molecule has 0 bridgehead atoms. The van der Waals surface area contributed by atoms with Crippen molar-refractivity contribution in [1.82, 2.24) is 10.2 Å². The highest BCUT2D eigenvalue weighted by Gasteiger charge is 2.30. The van der Waals surface area contributed by atoms with Crippen molar-refractivity contribution in [1.29, 1.82) is 0 Å². The second kappa shape index (κ2) is 4.25. The Labute approximate surface area is 101 Å². The van der Waals surface area contributed by atoms with Gasteiger partial charge >= 0.3 is 6.36 Å². The molecule has 0 atom stereocenters. The van der Waals surface area contributed by atoms with Gasteiger partial charge in [0.15, 0.2) is 0 Å². The second-order valence-corrected chi connectivity index (χ2v) is 3.68. The third-order valence-electron chi connectivity index (χ3n) is 2.42. The number of alkyl halides is 3. The molecule has 1 heterocycles. The maximum absolute atomic E-state index is 12.0. The van der Waals surface area contributed by atoms with Gasteiger partial charge in [0, 0.05) is 11.1 Å². The zero-order chi connectivity index (χ0) is 13.3. The summed E-state index contributed by atoms with van der Waals surface area (Å²) in [4.78, 5) is 0. The number of ether oxygens (including phenoxy) is 1. The monoisotopic (exact) mass is 257 g/mol. The third-order valence-corrected chi connectivity index (χ3v) is 2.42. The number of hydrogen-bond donors (Lipinski definition) is 2. The number of halogens is 3. The van der Waals surface area contributed by atoms with E-state index in [-0.39, 0.29) is 5.75 Å². The fraction of sp³-hybridized carbons (Fsp3) is 0.182. The van der Waals surface area contributed by atoms with Crippen LogP contribution in [-0.2, 0) is 0 Å². The molecule has 0 fully saturated rings. The van der Waals surface area contributed by atoms with Gasteiger partial charge < -0.3 is 10.5 Å². The molecule has 0 unspecified atom stereocenters. The number of aromatic amines is 1. The van der Waals surface area contributed by atoms with Crippen LogP contribution in [0.25, 0.3) is 11.3 Å². The average Bonchev–Trinajstić information content (AvgIpc) is 2.59. The van der Waals surface area contributed by atoms with Gasteiger partial charge in [-0.1, -0.05) is 0 Å². The zero-order valence-electron chi connectivity index (χ0n) is 9.38. The summed E-state index contributed by atoms with van der Waals surface area (Å²) >= 11 is 0. The van der Waals surface area contributed by atoms with Crippen molar-refractivity contribution < 1.29 is 17.9 Å². The maximum atomic E-state index is 12.0. The Morgan fingerprint density at radius 3 is 2.28 bits per heavy atom.